The molecule has 17 heavy (non-hydrogen) atoms. The van der Waals surface area contributed by atoms with Crippen LogP contribution in [0, 0.1) is 5.92 Å². The number of hydrogen-bond donors (Lipinski definition) is 1. The lowest BCUT2D eigenvalue weighted by Gasteiger charge is -2.20. The summed E-state index contributed by atoms with van der Waals surface area (Å²) in [5.41, 5.74) is 0. The monoisotopic (exact) mass is 240 g/mol. The lowest BCUT2D eigenvalue weighted by molar-refractivity contribution is -0.142. The number of aliphatic carboxylic acids is 1. The Balaban J connectivity index is 3.12. The van der Waals surface area contributed by atoms with Gasteiger partial charge in [-0.25, -0.2) is 9.48 Å². The number of rotatable bonds is 6. The second-order valence-corrected chi connectivity index (χ2v) is 4.52. The third-order valence-corrected chi connectivity index (χ3v) is 3.02. The predicted molar refractivity (Wildman–Crippen MR) is 62.7 cm³/mol. The van der Waals surface area contributed by atoms with Crippen LogP contribution in [0.3, 0.4) is 0 Å². The number of nitrogens with zero attached hydrogens (tertiary/aromatic N) is 4. The SMILES string of the molecule is CCC(CC)c1nnnn1C(C(=O)O)C(C)C. The van der Waals surface area contributed by atoms with Crippen molar-refractivity contribution in [3.05, 3.63) is 5.82 Å². The van der Waals surface area contributed by atoms with E-state index in [-0.39, 0.29) is 11.8 Å². The molecule has 0 radical (unpaired) electrons. The van der Waals surface area contributed by atoms with Crippen LogP contribution in [-0.4, -0.2) is 31.3 Å². The number of tetrazole rings is 1. The summed E-state index contributed by atoms with van der Waals surface area (Å²) in [4.78, 5) is 11.3. The molecule has 0 aliphatic heterocycles. The first-order valence-corrected chi connectivity index (χ1v) is 6.03. The average Bonchev–Trinajstić information content (AvgIpc) is 2.68. The number of carboxylic acid groups (broad SMARTS) is 1. The molecule has 6 nitrogen and oxygen atoms in total. The highest BCUT2D eigenvalue weighted by molar-refractivity contribution is 5.72. The summed E-state index contributed by atoms with van der Waals surface area (Å²) in [6, 6.07) is -0.694. The van der Waals surface area contributed by atoms with E-state index in [1.807, 2.05) is 13.8 Å². The van der Waals surface area contributed by atoms with E-state index < -0.39 is 12.0 Å². The minimum atomic E-state index is -0.889. The van der Waals surface area contributed by atoms with Crippen molar-refractivity contribution < 1.29 is 9.90 Å². The molecule has 96 valence electrons. The van der Waals surface area contributed by atoms with E-state index in [2.05, 4.69) is 29.4 Å². The van der Waals surface area contributed by atoms with Crippen LogP contribution in [0.1, 0.15) is 58.3 Å². The molecule has 1 N–H and O–H groups in total. The van der Waals surface area contributed by atoms with Gasteiger partial charge in [0.25, 0.3) is 0 Å². The van der Waals surface area contributed by atoms with E-state index in [4.69, 9.17) is 0 Å². The van der Waals surface area contributed by atoms with Gasteiger partial charge in [0, 0.05) is 5.92 Å². The largest absolute Gasteiger partial charge is 0.480 e. The van der Waals surface area contributed by atoms with Crippen LogP contribution in [0.4, 0.5) is 0 Å². The van der Waals surface area contributed by atoms with Gasteiger partial charge >= 0.3 is 5.97 Å². The second kappa shape index (κ2) is 5.75. The minimum absolute atomic E-state index is 0.0517. The van der Waals surface area contributed by atoms with Crippen LogP contribution in [0.15, 0.2) is 0 Å². The van der Waals surface area contributed by atoms with Crippen molar-refractivity contribution >= 4 is 5.97 Å². The molecule has 1 heterocycles. The van der Waals surface area contributed by atoms with Crippen molar-refractivity contribution in [2.45, 2.75) is 52.5 Å². The van der Waals surface area contributed by atoms with Gasteiger partial charge in [-0.3, -0.25) is 0 Å². The van der Waals surface area contributed by atoms with Gasteiger partial charge in [-0.2, -0.15) is 0 Å². The van der Waals surface area contributed by atoms with Gasteiger partial charge in [-0.1, -0.05) is 27.7 Å². The van der Waals surface area contributed by atoms with Gasteiger partial charge in [-0.15, -0.1) is 5.10 Å². The molecule has 0 saturated carbocycles. The van der Waals surface area contributed by atoms with E-state index in [1.54, 1.807) is 0 Å². The predicted octanol–water partition coefficient (Wildman–Crippen LogP) is 1.86. The van der Waals surface area contributed by atoms with E-state index >= 15 is 0 Å². The number of hydrogen-bond acceptors (Lipinski definition) is 4. The standard InChI is InChI=1S/C11H20N4O2/c1-5-8(6-2)10-12-13-14-15(10)9(7(3)4)11(16)17/h7-9H,5-6H2,1-4H3,(H,16,17). The van der Waals surface area contributed by atoms with Crippen molar-refractivity contribution in [3.8, 4) is 0 Å². The van der Waals surface area contributed by atoms with Crippen molar-refractivity contribution in [1.29, 1.82) is 0 Å². The van der Waals surface area contributed by atoms with E-state index in [0.717, 1.165) is 12.8 Å². The summed E-state index contributed by atoms with van der Waals surface area (Å²) in [6.07, 6.45) is 1.81. The fraction of sp³-hybridized carbons (Fsp3) is 0.818. The van der Waals surface area contributed by atoms with E-state index in [1.165, 1.54) is 4.68 Å². The van der Waals surface area contributed by atoms with Crippen LogP contribution in [0.2, 0.25) is 0 Å². The molecule has 0 aliphatic rings. The Morgan fingerprint density at radius 1 is 1.35 bits per heavy atom. The summed E-state index contributed by atoms with van der Waals surface area (Å²) in [5.74, 6) is -0.0506. The second-order valence-electron chi connectivity index (χ2n) is 4.52. The molecular weight excluding hydrogens is 220 g/mol. The molecule has 0 saturated heterocycles. The van der Waals surface area contributed by atoms with Crippen molar-refractivity contribution in [3.63, 3.8) is 0 Å². The Morgan fingerprint density at radius 3 is 2.35 bits per heavy atom. The maximum atomic E-state index is 11.3. The van der Waals surface area contributed by atoms with Gasteiger partial charge in [0.2, 0.25) is 0 Å². The number of aromatic nitrogens is 4. The smallest absolute Gasteiger partial charge is 0.328 e. The lowest BCUT2D eigenvalue weighted by Crippen LogP contribution is -2.27. The maximum absolute atomic E-state index is 11.3. The average molecular weight is 240 g/mol. The quantitative estimate of drug-likeness (QED) is 0.820. The molecule has 1 atom stereocenters. The lowest BCUT2D eigenvalue weighted by atomic mass is 10.0. The normalized spacial score (nSPS) is 13.3. The summed E-state index contributed by atoms with van der Waals surface area (Å²) in [6.45, 7) is 7.82. The molecule has 1 rings (SSSR count). The third kappa shape index (κ3) is 2.81. The molecule has 1 aromatic heterocycles. The van der Waals surface area contributed by atoms with Crippen LogP contribution in [0.25, 0.3) is 0 Å². The Kier molecular flexibility index (Phi) is 4.60. The van der Waals surface area contributed by atoms with Crippen LogP contribution < -0.4 is 0 Å². The Labute approximate surface area is 101 Å². The van der Waals surface area contributed by atoms with Gasteiger partial charge in [0.1, 0.15) is 0 Å². The zero-order valence-electron chi connectivity index (χ0n) is 10.8. The van der Waals surface area contributed by atoms with Gasteiger partial charge in [0.15, 0.2) is 11.9 Å². The topological polar surface area (TPSA) is 80.9 Å². The summed E-state index contributed by atoms with van der Waals surface area (Å²) in [7, 11) is 0. The minimum Gasteiger partial charge on any atom is -0.480 e. The summed E-state index contributed by atoms with van der Waals surface area (Å²) >= 11 is 0. The molecule has 0 aliphatic carbocycles. The first-order valence-electron chi connectivity index (χ1n) is 6.03. The van der Waals surface area contributed by atoms with Crippen LogP contribution in [0.5, 0.6) is 0 Å². The molecule has 0 fully saturated rings. The van der Waals surface area contributed by atoms with Crippen molar-refractivity contribution in [2.75, 3.05) is 0 Å². The number of carboxylic acids is 1. The molecule has 1 unspecified atom stereocenters. The Morgan fingerprint density at radius 2 is 1.94 bits per heavy atom. The van der Waals surface area contributed by atoms with Crippen molar-refractivity contribution in [2.24, 2.45) is 5.92 Å². The molecule has 0 bridgehead atoms. The fourth-order valence-electron chi connectivity index (χ4n) is 1.99. The van der Waals surface area contributed by atoms with Gasteiger partial charge < -0.3 is 5.11 Å². The molecule has 0 spiro atoms. The molecule has 0 aromatic carbocycles. The fourth-order valence-corrected chi connectivity index (χ4v) is 1.99. The number of carbonyl (C=O) groups is 1. The summed E-state index contributed by atoms with van der Waals surface area (Å²) < 4.78 is 1.46. The Hall–Kier alpha value is -1.46. The first kappa shape index (κ1) is 13.6. The van der Waals surface area contributed by atoms with Gasteiger partial charge in [-0.05, 0) is 29.2 Å². The van der Waals surface area contributed by atoms with E-state index in [9.17, 15) is 9.90 Å². The van der Waals surface area contributed by atoms with E-state index in [0.29, 0.717) is 5.82 Å². The molecule has 0 amide bonds. The highest BCUT2D eigenvalue weighted by Crippen LogP contribution is 2.25. The molecular formula is C11H20N4O2. The van der Waals surface area contributed by atoms with Gasteiger partial charge in [0.05, 0.1) is 0 Å². The first-order chi connectivity index (χ1) is 8.02. The zero-order chi connectivity index (χ0) is 13.0. The summed E-state index contributed by atoms with van der Waals surface area (Å²) in [5, 5.41) is 20.7. The highest BCUT2D eigenvalue weighted by atomic mass is 16.4. The maximum Gasteiger partial charge on any atom is 0.328 e. The van der Waals surface area contributed by atoms with Crippen molar-refractivity contribution in [1.82, 2.24) is 20.2 Å². The molecule has 1 aromatic rings. The van der Waals surface area contributed by atoms with Crippen LogP contribution in [-0.2, 0) is 4.79 Å². The highest BCUT2D eigenvalue weighted by Gasteiger charge is 2.29. The zero-order valence-corrected chi connectivity index (χ0v) is 10.8. The third-order valence-electron chi connectivity index (χ3n) is 3.02. The Bertz CT molecular complexity index is 371. The molecule has 6 heteroatoms. The van der Waals surface area contributed by atoms with Crippen LogP contribution >= 0.6 is 0 Å².